The Labute approximate surface area is 90.9 Å². The Morgan fingerprint density at radius 1 is 1.20 bits per heavy atom. The van der Waals surface area contributed by atoms with Crippen molar-refractivity contribution in [3.8, 4) is 0 Å². The molecule has 80 valence electrons. The van der Waals surface area contributed by atoms with Crippen molar-refractivity contribution >= 4 is 11.6 Å². The molecule has 1 aromatic carbocycles. The van der Waals surface area contributed by atoms with Crippen molar-refractivity contribution in [3.05, 3.63) is 29.8 Å². The van der Waals surface area contributed by atoms with E-state index >= 15 is 0 Å². The molecule has 0 aromatic heterocycles. The number of rotatable bonds is 1. The van der Waals surface area contributed by atoms with E-state index in [0.717, 1.165) is 11.3 Å². The Bertz CT molecular complexity index is 407. The van der Waals surface area contributed by atoms with Gasteiger partial charge in [-0.15, -0.1) is 0 Å². The Hall–Kier alpha value is -1.31. The van der Waals surface area contributed by atoms with Gasteiger partial charge in [-0.2, -0.15) is 0 Å². The third-order valence-corrected chi connectivity index (χ3v) is 3.11. The summed E-state index contributed by atoms with van der Waals surface area (Å²) in [4.78, 5) is 14.1. The van der Waals surface area contributed by atoms with Gasteiger partial charge in [0, 0.05) is 11.7 Å². The molecule has 1 aromatic rings. The summed E-state index contributed by atoms with van der Waals surface area (Å²) in [6.45, 7) is 8.10. The van der Waals surface area contributed by atoms with Crippen LogP contribution in [0.3, 0.4) is 0 Å². The molecule has 0 unspecified atom stereocenters. The fourth-order valence-corrected chi connectivity index (χ4v) is 2.25. The largest absolute Gasteiger partial charge is 0.309 e. The summed E-state index contributed by atoms with van der Waals surface area (Å²) < 4.78 is 0. The number of carbonyl (C=O) groups excluding carboxylic acids is 1. The van der Waals surface area contributed by atoms with E-state index in [4.69, 9.17) is 0 Å². The zero-order chi connectivity index (χ0) is 11.2. The minimum atomic E-state index is -0.374. The molecule has 0 saturated heterocycles. The van der Waals surface area contributed by atoms with E-state index in [1.54, 1.807) is 0 Å². The number of hydrogen-bond donors (Lipinski definition) is 0. The lowest BCUT2D eigenvalue weighted by molar-refractivity contribution is -0.122. The molecule has 1 amide bonds. The number of fused-ring (bicyclic) bond motifs is 1. The van der Waals surface area contributed by atoms with Crippen LogP contribution in [-0.4, -0.2) is 11.9 Å². The predicted molar refractivity (Wildman–Crippen MR) is 62.1 cm³/mol. The maximum atomic E-state index is 12.3. The van der Waals surface area contributed by atoms with Crippen LogP contribution in [0.25, 0.3) is 0 Å². The van der Waals surface area contributed by atoms with Gasteiger partial charge >= 0.3 is 0 Å². The number of anilines is 1. The Kier molecular flexibility index (Phi) is 2.10. The van der Waals surface area contributed by atoms with Gasteiger partial charge in [0.2, 0.25) is 5.91 Å². The average molecular weight is 203 g/mol. The molecule has 2 rings (SSSR count). The number of benzene rings is 1. The lowest BCUT2D eigenvalue weighted by Crippen LogP contribution is -2.40. The number of amides is 1. The van der Waals surface area contributed by atoms with Crippen LogP contribution in [0.15, 0.2) is 24.3 Å². The van der Waals surface area contributed by atoms with Gasteiger partial charge in [-0.3, -0.25) is 4.79 Å². The van der Waals surface area contributed by atoms with Crippen molar-refractivity contribution in [2.24, 2.45) is 0 Å². The highest BCUT2D eigenvalue weighted by Gasteiger charge is 2.44. The lowest BCUT2D eigenvalue weighted by Gasteiger charge is -2.24. The summed E-state index contributed by atoms with van der Waals surface area (Å²) in [6, 6.07) is 8.29. The third-order valence-electron chi connectivity index (χ3n) is 3.11. The van der Waals surface area contributed by atoms with Gasteiger partial charge in [-0.25, -0.2) is 0 Å². The molecular weight excluding hydrogens is 186 g/mol. The highest BCUT2D eigenvalue weighted by Crippen LogP contribution is 2.42. The fourth-order valence-electron chi connectivity index (χ4n) is 2.25. The lowest BCUT2D eigenvalue weighted by atomic mass is 9.86. The van der Waals surface area contributed by atoms with E-state index < -0.39 is 0 Å². The van der Waals surface area contributed by atoms with Crippen molar-refractivity contribution in [1.29, 1.82) is 0 Å². The molecule has 0 atom stereocenters. The number of carbonyl (C=O) groups is 1. The number of nitrogens with zero attached hydrogens (tertiary/aromatic N) is 1. The molecule has 0 spiro atoms. The van der Waals surface area contributed by atoms with Crippen LogP contribution in [0.2, 0.25) is 0 Å². The topological polar surface area (TPSA) is 20.3 Å². The fraction of sp³-hybridized carbons (Fsp3) is 0.462. The van der Waals surface area contributed by atoms with Gasteiger partial charge in [-0.05, 0) is 39.3 Å². The molecule has 0 aliphatic carbocycles. The molecule has 1 aliphatic heterocycles. The maximum absolute atomic E-state index is 12.3. The van der Waals surface area contributed by atoms with Crippen LogP contribution in [0.5, 0.6) is 0 Å². The summed E-state index contributed by atoms with van der Waals surface area (Å²) in [7, 11) is 0. The van der Waals surface area contributed by atoms with Crippen molar-refractivity contribution in [2.45, 2.75) is 39.2 Å². The molecule has 15 heavy (non-hydrogen) atoms. The quantitative estimate of drug-likeness (QED) is 0.687. The zero-order valence-electron chi connectivity index (χ0n) is 9.74. The second-order valence-electron chi connectivity index (χ2n) is 4.91. The highest BCUT2D eigenvalue weighted by atomic mass is 16.2. The maximum Gasteiger partial charge on any atom is 0.237 e. The minimum Gasteiger partial charge on any atom is -0.309 e. The first-order valence-corrected chi connectivity index (χ1v) is 5.39. The summed E-state index contributed by atoms with van der Waals surface area (Å²) in [5.74, 6) is 0.207. The zero-order valence-corrected chi connectivity index (χ0v) is 9.74. The Morgan fingerprint density at radius 2 is 1.80 bits per heavy atom. The molecule has 0 radical (unpaired) electrons. The van der Waals surface area contributed by atoms with Crippen LogP contribution in [0.1, 0.15) is 33.3 Å². The van der Waals surface area contributed by atoms with E-state index in [9.17, 15) is 4.79 Å². The summed E-state index contributed by atoms with van der Waals surface area (Å²) in [5.41, 5.74) is 1.84. The second-order valence-corrected chi connectivity index (χ2v) is 4.91. The van der Waals surface area contributed by atoms with E-state index in [0.29, 0.717) is 0 Å². The molecule has 0 saturated carbocycles. The number of para-hydroxylation sites is 1. The molecule has 0 bridgehead atoms. The van der Waals surface area contributed by atoms with Crippen molar-refractivity contribution < 1.29 is 4.79 Å². The van der Waals surface area contributed by atoms with Crippen LogP contribution in [0.4, 0.5) is 5.69 Å². The highest BCUT2D eigenvalue weighted by molar-refractivity contribution is 6.07. The van der Waals surface area contributed by atoms with Crippen LogP contribution >= 0.6 is 0 Å². The Balaban J connectivity index is 2.62. The van der Waals surface area contributed by atoms with E-state index in [1.807, 2.05) is 36.9 Å². The monoisotopic (exact) mass is 203 g/mol. The van der Waals surface area contributed by atoms with Crippen molar-refractivity contribution in [1.82, 2.24) is 0 Å². The predicted octanol–water partition coefficient (Wildman–Crippen LogP) is 2.72. The first-order chi connectivity index (χ1) is 6.96. The van der Waals surface area contributed by atoms with Gasteiger partial charge in [0.25, 0.3) is 0 Å². The van der Waals surface area contributed by atoms with Crippen LogP contribution < -0.4 is 4.90 Å². The first kappa shape index (κ1) is 10.2. The van der Waals surface area contributed by atoms with Crippen LogP contribution in [0, 0.1) is 0 Å². The smallest absolute Gasteiger partial charge is 0.237 e. The standard InChI is InChI=1S/C13H17NO/c1-9(2)14-11-8-6-5-7-10(11)13(3,4)12(14)15/h5-9H,1-4H3. The van der Waals surface area contributed by atoms with E-state index in [2.05, 4.69) is 19.9 Å². The normalized spacial score (nSPS) is 18.5. The molecule has 1 aliphatic rings. The van der Waals surface area contributed by atoms with E-state index in [-0.39, 0.29) is 17.4 Å². The molecule has 1 heterocycles. The second kappa shape index (κ2) is 3.09. The third kappa shape index (κ3) is 1.28. The van der Waals surface area contributed by atoms with Gasteiger partial charge < -0.3 is 4.90 Å². The molecular formula is C13H17NO. The summed E-state index contributed by atoms with van der Waals surface area (Å²) in [5, 5.41) is 0. The van der Waals surface area contributed by atoms with Gasteiger partial charge in [-0.1, -0.05) is 18.2 Å². The SMILES string of the molecule is CC(C)N1C(=O)C(C)(C)c2ccccc21. The average Bonchev–Trinajstić information content (AvgIpc) is 2.36. The van der Waals surface area contributed by atoms with Crippen molar-refractivity contribution in [2.75, 3.05) is 4.90 Å². The molecule has 2 nitrogen and oxygen atoms in total. The number of hydrogen-bond acceptors (Lipinski definition) is 1. The van der Waals surface area contributed by atoms with E-state index in [1.165, 1.54) is 0 Å². The van der Waals surface area contributed by atoms with Gasteiger partial charge in [0.15, 0.2) is 0 Å². The van der Waals surface area contributed by atoms with Crippen LogP contribution in [-0.2, 0) is 10.2 Å². The molecule has 2 heteroatoms. The Morgan fingerprint density at radius 3 is 2.40 bits per heavy atom. The molecule has 0 fully saturated rings. The molecule has 0 N–H and O–H groups in total. The van der Waals surface area contributed by atoms with Gasteiger partial charge in [0.05, 0.1) is 5.41 Å². The minimum absolute atomic E-state index is 0.207. The van der Waals surface area contributed by atoms with Gasteiger partial charge in [0.1, 0.15) is 0 Å². The first-order valence-electron chi connectivity index (χ1n) is 5.39. The summed E-state index contributed by atoms with van der Waals surface area (Å²) in [6.07, 6.45) is 0. The van der Waals surface area contributed by atoms with Crippen molar-refractivity contribution in [3.63, 3.8) is 0 Å². The summed E-state index contributed by atoms with van der Waals surface area (Å²) >= 11 is 0.